The number of fused-ring (bicyclic) bond motifs is 1. The Morgan fingerprint density at radius 3 is 2.62 bits per heavy atom. The van der Waals surface area contributed by atoms with Crippen LogP contribution in [0.4, 0.5) is 0 Å². The third-order valence-corrected chi connectivity index (χ3v) is 4.03. The van der Waals surface area contributed by atoms with Crippen LogP contribution in [0.15, 0.2) is 47.1 Å². The monoisotopic (exact) mass is 353 g/mol. The first-order valence-corrected chi connectivity index (χ1v) is 8.22. The molecule has 134 valence electrons. The Morgan fingerprint density at radius 1 is 1.12 bits per heavy atom. The SMILES string of the molecule is COC(=O)c1ccoc1COC(=O)c1cc(C(C)C)nc2ccccc12. The lowest BCUT2D eigenvalue weighted by molar-refractivity contribution is 0.0434. The van der Waals surface area contributed by atoms with Gasteiger partial charge in [0, 0.05) is 11.1 Å². The zero-order valence-electron chi connectivity index (χ0n) is 14.8. The third-order valence-electron chi connectivity index (χ3n) is 4.03. The summed E-state index contributed by atoms with van der Waals surface area (Å²) < 4.78 is 15.3. The highest BCUT2D eigenvalue weighted by Gasteiger charge is 2.19. The molecule has 0 N–H and O–H groups in total. The van der Waals surface area contributed by atoms with Crippen LogP contribution < -0.4 is 0 Å². The van der Waals surface area contributed by atoms with E-state index in [1.807, 2.05) is 38.1 Å². The van der Waals surface area contributed by atoms with Crippen molar-refractivity contribution in [2.75, 3.05) is 7.11 Å². The van der Waals surface area contributed by atoms with Gasteiger partial charge in [0.15, 0.2) is 12.4 Å². The molecular formula is C20H19NO5. The molecule has 26 heavy (non-hydrogen) atoms. The standard InChI is InChI=1S/C20H19NO5/c1-12(2)17-10-15(13-6-4-5-7-16(13)21-17)20(23)26-11-18-14(8-9-25-18)19(22)24-3/h4-10,12H,11H2,1-3H3. The summed E-state index contributed by atoms with van der Waals surface area (Å²) in [6.07, 6.45) is 1.36. The van der Waals surface area contributed by atoms with Gasteiger partial charge in [0.1, 0.15) is 5.56 Å². The van der Waals surface area contributed by atoms with Gasteiger partial charge in [-0.15, -0.1) is 0 Å². The number of nitrogens with zero attached hydrogens (tertiary/aromatic N) is 1. The molecule has 0 fully saturated rings. The largest absolute Gasteiger partial charge is 0.465 e. The lowest BCUT2D eigenvalue weighted by Gasteiger charge is -2.11. The minimum atomic E-state index is -0.541. The molecule has 6 nitrogen and oxygen atoms in total. The summed E-state index contributed by atoms with van der Waals surface area (Å²) in [6, 6.07) is 10.6. The van der Waals surface area contributed by atoms with Gasteiger partial charge in [-0.2, -0.15) is 0 Å². The molecule has 1 aromatic carbocycles. The molecule has 0 aliphatic carbocycles. The molecular weight excluding hydrogens is 334 g/mol. The van der Waals surface area contributed by atoms with E-state index in [2.05, 4.69) is 9.72 Å². The smallest absolute Gasteiger partial charge is 0.341 e. The quantitative estimate of drug-likeness (QED) is 0.643. The van der Waals surface area contributed by atoms with E-state index >= 15 is 0 Å². The van der Waals surface area contributed by atoms with Crippen LogP contribution in [0.3, 0.4) is 0 Å². The Hall–Kier alpha value is -3.15. The van der Waals surface area contributed by atoms with Gasteiger partial charge in [0.05, 0.1) is 24.5 Å². The maximum atomic E-state index is 12.7. The molecule has 0 unspecified atom stereocenters. The second-order valence-corrected chi connectivity index (χ2v) is 6.09. The van der Waals surface area contributed by atoms with Crippen molar-refractivity contribution < 1.29 is 23.5 Å². The van der Waals surface area contributed by atoms with Gasteiger partial charge < -0.3 is 13.9 Å². The number of esters is 2. The Morgan fingerprint density at radius 2 is 1.88 bits per heavy atom. The number of para-hydroxylation sites is 1. The highest BCUT2D eigenvalue weighted by molar-refractivity contribution is 6.03. The number of hydrogen-bond acceptors (Lipinski definition) is 6. The number of carbonyl (C=O) groups is 2. The summed E-state index contributed by atoms with van der Waals surface area (Å²) in [7, 11) is 1.28. The first kappa shape index (κ1) is 17.7. The first-order chi connectivity index (χ1) is 12.5. The summed E-state index contributed by atoms with van der Waals surface area (Å²) in [5, 5.41) is 0.717. The number of benzene rings is 1. The van der Waals surface area contributed by atoms with Crippen LogP contribution in [0, 0.1) is 0 Å². The molecule has 0 saturated heterocycles. The molecule has 0 aliphatic rings. The molecule has 0 aliphatic heterocycles. The van der Waals surface area contributed by atoms with Gasteiger partial charge in [-0.05, 0) is 24.1 Å². The molecule has 2 heterocycles. The highest BCUT2D eigenvalue weighted by Crippen LogP contribution is 2.24. The molecule has 0 amide bonds. The fourth-order valence-corrected chi connectivity index (χ4v) is 2.61. The highest BCUT2D eigenvalue weighted by atomic mass is 16.5. The number of furan rings is 1. The number of pyridine rings is 1. The van der Waals surface area contributed by atoms with E-state index < -0.39 is 11.9 Å². The van der Waals surface area contributed by atoms with Crippen LogP contribution in [0.5, 0.6) is 0 Å². The molecule has 0 spiro atoms. The van der Waals surface area contributed by atoms with Crippen LogP contribution in [-0.2, 0) is 16.1 Å². The average molecular weight is 353 g/mol. The minimum Gasteiger partial charge on any atom is -0.465 e. The van der Waals surface area contributed by atoms with Gasteiger partial charge >= 0.3 is 11.9 Å². The predicted molar refractivity (Wildman–Crippen MR) is 95.0 cm³/mol. The summed E-state index contributed by atoms with van der Waals surface area (Å²) in [5.74, 6) is -0.631. The van der Waals surface area contributed by atoms with Gasteiger partial charge in [0.2, 0.25) is 0 Å². The molecule has 3 aromatic rings. The van der Waals surface area contributed by atoms with E-state index in [1.54, 1.807) is 6.07 Å². The fraction of sp³-hybridized carbons (Fsp3) is 0.250. The Kier molecular flexibility index (Phi) is 5.02. The van der Waals surface area contributed by atoms with Crippen molar-refractivity contribution >= 4 is 22.8 Å². The number of rotatable bonds is 5. The topological polar surface area (TPSA) is 78.6 Å². The van der Waals surface area contributed by atoms with Crippen LogP contribution in [0.2, 0.25) is 0 Å². The van der Waals surface area contributed by atoms with Gasteiger partial charge in [-0.1, -0.05) is 32.0 Å². The van der Waals surface area contributed by atoms with E-state index in [0.717, 1.165) is 16.6 Å². The van der Waals surface area contributed by atoms with E-state index in [4.69, 9.17) is 9.15 Å². The van der Waals surface area contributed by atoms with Crippen molar-refractivity contribution in [3.05, 3.63) is 65.2 Å². The molecule has 0 saturated carbocycles. The second-order valence-electron chi connectivity index (χ2n) is 6.09. The van der Waals surface area contributed by atoms with Crippen molar-refractivity contribution in [3.8, 4) is 0 Å². The molecule has 2 aromatic heterocycles. The maximum absolute atomic E-state index is 12.7. The molecule has 3 rings (SSSR count). The molecule has 0 bridgehead atoms. The normalized spacial score (nSPS) is 10.9. The lowest BCUT2D eigenvalue weighted by atomic mass is 10.0. The summed E-state index contributed by atoms with van der Waals surface area (Å²) >= 11 is 0. The lowest BCUT2D eigenvalue weighted by Crippen LogP contribution is -2.10. The first-order valence-electron chi connectivity index (χ1n) is 8.22. The summed E-state index contributed by atoms with van der Waals surface area (Å²) in [4.78, 5) is 28.9. The maximum Gasteiger partial charge on any atom is 0.341 e. The van der Waals surface area contributed by atoms with Crippen molar-refractivity contribution in [2.24, 2.45) is 0 Å². The van der Waals surface area contributed by atoms with Crippen LogP contribution in [0.1, 0.15) is 51.9 Å². The number of hydrogen-bond donors (Lipinski definition) is 0. The van der Waals surface area contributed by atoms with Crippen LogP contribution >= 0.6 is 0 Å². The number of ether oxygens (including phenoxy) is 2. The second kappa shape index (κ2) is 7.39. The van der Waals surface area contributed by atoms with Crippen molar-refractivity contribution in [1.82, 2.24) is 4.98 Å². The molecule has 0 radical (unpaired) electrons. The predicted octanol–water partition coefficient (Wildman–Crippen LogP) is 4.09. The van der Waals surface area contributed by atoms with Crippen molar-refractivity contribution in [1.29, 1.82) is 0 Å². The van der Waals surface area contributed by atoms with Gasteiger partial charge in [0.25, 0.3) is 0 Å². The van der Waals surface area contributed by atoms with E-state index in [0.29, 0.717) is 5.56 Å². The van der Waals surface area contributed by atoms with Gasteiger partial charge in [-0.25, -0.2) is 9.59 Å². The summed E-state index contributed by atoms with van der Waals surface area (Å²) in [6.45, 7) is 3.86. The number of carbonyl (C=O) groups excluding carboxylic acids is 2. The summed E-state index contributed by atoms with van der Waals surface area (Å²) in [5.41, 5.74) is 2.22. The van der Waals surface area contributed by atoms with E-state index in [1.165, 1.54) is 19.4 Å². The number of aromatic nitrogens is 1. The molecule has 6 heteroatoms. The Balaban J connectivity index is 1.89. The Labute approximate surface area is 150 Å². The van der Waals surface area contributed by atoms with Gasteiger partial charge in [-0.3, -0.25) is 4.98 Å². The minimum absolute atomic E-state index is 0.163. The average Bonchev–Trinajstić information content (AvgIpc) is 3.13. The van der Waals surface area contributed by atoms with E-state index in [-0.39, 0.29) is 23.8 Å². The third kappa shape index (κ3) is 3.44. The molecule has 0 atom stereocenters. The number of methoxy groups -OCH3 is 1. The fourth-order valence-electron chi connectivity index (χ4n) is 2.61. The zero-order valence-corrected chi connectivity index (χ0v) is 14.8. The zero-order chi connectivity index (χ0) is 18.7. The van der Waals surface area contributed by atoms with Crippen molar-refractivity contribution in [3.63, 3.8) is 0 Å². The van der Waals surface area contributed by atoms with E-state index in [9.17, 15) is 9.59 Å². The van der Waals surface area contributed by atoms with Crippen LogP contribution in [0.25, 0.3) is 10.9 Å². The van der Waals surface area contributed by atoms with Crippen LogP contribution in [-0.4, -0.2) is 24.0 Å². The Bertz CT molecular complexity index is 958. The van der Waals surface area contributed by atoms with Crippen molar-refractivity contribution in [2.45, 2.75) is 26.4 Å².